The third-order valence-electron chi connectivity index (χ3n) is 2.86. The van der Waals surface area contributed by atoms with Gasteiger partial charge in [-0.2, -0.15) is 0 Å². The van der Waals surface area contributed by atoms with Crippen LogP contribution in [0.5, 0.6) is 5.75 Å². The smallest absolute Gasteiger partial charge is 0.346 e. The summed E-state index contributed by atoms with van der Waals surface area (Å²) in [5.41, 5.74) is 0.907. The summed E-state index contributed by atoms with van der Waals surface area (Å²) in [6.45, 7) is 0. The van der Waals surface area contributed by atoms with Gasteiger partial charge in [0.2, 0.25) is 0 Å². The van der Waals surface area contributed by atoms with Crippen molar-refractivity contribution in [2.75, 3.05) is 7.11 Å². The van der Waals surface area contributed by atoms with Crippen LogP contribution in [0.4, 0.5) is 0 Å². The topological polar surface area (TPSA) is 89.9 Å². The zero-order chi connectivity index (χ0) is 16.1. The largest absolute Gasteiger partial charge is 0.507 e. The molecule has 0 saturated carbocycles. The first-order valence-corrected chi connectivity index (χ1v) is 6.26. The van der Waals surface area contributed by atoms with Crippen LogP contribution >= 0.6 is 0 Å². The molecular formula is C16H12O6. The molecule has 0 spiro atoms. The van der Waals surface area contributed by atoms with E-state index in [0.717, 1.165) is 0 Å². The van der Waals surface area contributed by atoms with Gasteiger partial charge in [-0.25, -0.2) is 14.4 Å². The lowest BCUT2D eigenvalue weighted by atomic mass is 10.1. The highest BCUT2D eigenvalue weighted by atomic mass is 16.6. The van der Waals surface area contributed by atoms with E-state index >= 15 is 0 Å². The number of esters is 3. The van der Waals surface area contributed by atoms with Crippen molar-refractivity contribution < 1.29 is 29.0 Å². The van der Waals surface area contributed by atoms with Crippen molar-refractivity contribution in [2.45, 2.75) is 0 Å². The Hall–Kier alpha value is -3.15. The zero-order valence-electron chi connectivity index (χ0n) is 11.6. The fourth-order valence-corrected chi connectivity index (χ4v) is 1.79. The molecule has 1 aliphatic heterocycles. The highest BCUT2D eigenvalue weighted by molar-refractivity contribution is 6.14. The number of methoxy groups -OCH3 is 1. The molecule has 1 N–H and O–H groups in total. The van der Waals surface area contributed by atoms with Gasteiger partial charge in [0.05, 0.1) is 18.2 Å². The van der Waals surface area contributed by atoms with Crippen LogP contribution in [-0.4, -0.2) is 30.1 Å². The van der Waals surface area contributed by atoms with Crippen molar-refractivity contribution in [3.63, 3.8) is 0 Å². The van der Waals surface area contributed by atoms with E-state index < -0.39 is 17.9 Å². The highest BCUT2D eigenvalue weighted by Gasteiger charge is 2.28. The molecule has 2 aromatic carbocycles. The molecule has 22 heavy (non-hydrogen) atoms. The Morgan fingerprint density at radius 1 is 0.955 bits per heavy atom. The maximum Gasteiger partial charge on any atom is 0.346 e. The summed E-state index contributed by atoms with van der Waals surface area (Å²) in [5.74, 6) is -1.68. The molecule has 0 unspecified atom stereocenters. The van der Waals surface area contributed by atoms with Crippen molar-refractivity contribution in [1.82, 2.24) is 0 Å². The maximum atomic E-state index is 10.9. The van der Waals surface area contributed by atoms with Gasteiger partial charge in [-0.3, -0.25) is 0 Å². The van der Waals surface area contributed by atoms with Gasteiger partial charge in [0, 0.05) is 0 Å². The Balaban J connectivity index is 0.000000160. The number of rotatable bonds is 1. The first kappa shape index (κ1) is 15.2. The quantitative estimate of drug-likeness (QED) is 0.641. The number of aromatic hydroxyl groups is 1. The van der Waals surface area contributed by atoms with E-state index in [2.05, 4.69) is 9.47 Å². The summed E-state index contributed by atoms with van der Waals surface area (Å²) in [5, 5.41) is 9.11. The minimum Gasteiger partial charge on any atom is -0.507 e. The molecule has 6 nitrogen and oxygen atoms in total. The molecular weight excluding hydrogens is 288 g/mol. The lowest BCUT2D eigenvalue weighted by Crippen LogP contribution is -2.00. The van der Waals surface area contributed by atoms with E-state index in [1.165, 1.54) is 19.2 Å². The van der Waals surface area contributed by atoms with Gasteiger partial charge in [0.1, 0.15) is 11.3 Å². The first-order chi connectivity index (χ1) is 10.5. The summed E-state index contributed by atoms with van der Waals surface area (Å²) in [6, 6.07) is 12.8. The molecule has 0 aromatic heterocycles. The number of carbonyl (C=O) groups excluding carboxylic acids is 3. The summed E-state index contributed by atoms with van der Waals surface area (Å²) in [4.78, 5) is 32.5. The third-order valence-corrected chi connectivity index (χ3v) is 2.86. The van der Waals surface area contributed by atoms with Gasteiger partial charge in [0.25, 0.3) is 0 Å². The number of carbonyl (C=O) groups is 3. The average molecular weight is 300 g/mol. The van der Waals surface area contributed by atoms with Crippen LogP contribution < -0.4 is 0 Å². The van der Waals surface area contributed by atoms with Crippen molar-refractivity contribution in [1.29, 1.82) is 0 Å². The van der Waals surface area contributed by atoms with Gasteiger partial charge in [-0.05, 0) is 24.3 Å². The van der Waals surface area contributed by atoms with Crippen molar-refractivity contribution in [3.05, 3.63) is 65.2 Å². The van der Waals surface area contributed by atoms with Gasteiger partial charge in [0.15, 0.2) is 0 Å². The first-order valence-electron chi connectivity index (χ1n) is 6.26. The molecule has 0 saturated heterocycles. The summed E-state index contributed by atoms with van der Waals surface area (Å²) >= 11 is 0. The molecule has 1 heterocycles. The Morgan fingerprint density at radius 2 is 1.45 bits per heavy atom. The van der Waals surface area contributed by atoms with Crippen LogP contribution in [0.25, 0.3) is 0 Å². The maximum absolute atomic E-state index is 10.9. The predicted molar refractivity (Wildman–Crippen MR) is 75.6 cm³/mol. The standard InChI is InChI=1S/C8H4O3.C8H8O3/c9-7-5-3-1-2-4-6(5)8(10)11-7;1-11-8(10)6-4-2-3-5-7(6)9/h1-4H;2-5,9H,1H3. The SMILES string of the molecule is COC(=O)c1ccccc1O.O=C1OC(=O)c2ccccc21. The molecule has 3 rings (SSSR count). The van der Waals surface area contributed by atoms with E-state index in [-0.39, 0.29) is 11.3 Å². The molecule has 1 aliphatic rings. The minimum atomic E-state index is -0.550. The zero-order valence-corrected chi connectivity index (χ0v) is 11.6. The average Bonchev–Trinajstić information content (AvgIpc) is 2.83. The van der Waals surface area contributed by atoms with Crippen molar-refractivity contribution >= 4 is 17.9 Å². The van der Waals surface area contributed by atoms with Gasteiger partial charge in [-0.15, -0.1) is 0 Å². The number of para-hydroxylation sites is 1. The Bertz CT molecular complexity index is 702. The van der Waals surface area contributed by atoms with Crippen LogP contribution in [-0.2, 0) is 9.47 Å². The predicted octanol–water partition coefficient (Wildman–Crippen LogP) is 2.18. The van der Waals surface area contributed by atoms with E-state index in [0.29, 0.717) is 11.1 Å². The second-order valence-corrected chi connectivity index (χ2v) is 4.23. The van der Waals surface area contributed by atoms with Crippen LogP contribution in [0, 0.1) is 0 Å². The molecule has 0 radical (unpaired) electrons. The summed E-state index contributed by atoms with van der Waals surface area (Å²) in [7, 11) is 1.27. The second kappa shape index (κ2) is 6.53. The van der Waals surface area contributed by atoms with Gasteiger partial charge in [-0.1, -0.05) is 24.3 Å². The number of hydrogen-bond acceptors (Lipinski definition) is 6. The Labute approximate surface area is 125 Å². The van der Waals surface area contributed by atoms with Crippen LogP contribution in [0.2, 0.25) is 0 Å². The lowest BCUT2D eigenvalue weighted by Gasteiger charge is -1.99. The van der Waals surface area contributed by atoms with Crippen molar-refractivity contribution in [2.24, 2.45) is 0 Å². The van der Waals surface area contributed by atoms with Crippen LogP contribution in [0.3, 0.4) is 0 Å². The number of phenolic OH excluding ortho intramolecular Hbond substituents is 1. The number of ether oxygens (including phenoxy) is 2. The van der Waals surface area contributed by atoms with Gasteiger partial charge < -0.3 is 14.6 Å². The molecule has 0 fully saturated rings. The lowest BCUT2D eigenvalue weighted by molar-refractivity contribution is 0.0442. The van der Waals surface area contributed by atoms with E-state index in [1.807, 2.05) is 0 Å². The van der Waals surface area contributed by atoms with E-state index in [9.17, 15) is 14.4 Å². The Kier molecular flexibility index (Phi) is 4.53. The van der Waals surface area contributed by atoms with Crippen LogP contribution in [0.1, 0.15) is 31.1 Å². The number of cyclic esters (lactones) is 2. The number of benzene rings is 2. The second-order valence-electron chi connectivity index (χ2n) is 4.23. The molecule has 2 aromatic rings. The van der Waals surface area contributed by atoms with Gasteiger partial charge >= 0.3 is 17.9 Å². The highest BCUT2D eigenvalue weighted by Crippen LogP contribution is 2.18. The fourth-order valence-electron chi connectivity index (χ4n) is 1.79. The van der Waals surface area contributed by atoms with E-state index in [4.69, 9.17) is 5.11 Å². The van der Waals surface area contributed by atoms with E-state index in [1.54, 1.807) is 36.4 Å². The number of fused-ring (bicyclic) bond motifs is 1. The van der Waals surface area contributed by atoms with Crippen LogP contribution in [0.15, 0.2) is 48.5 Å². The Morgan fingerprint density at radius 3 is 1.95 bits per heavy atom. The molecule has 112 valence electrons. The number of hydrogen-bond donors (Lipinski definition) is 1. The molecule has 0 atom stereocenters. The molecule has 6 heteroatoms. The minimum absolute atomic E-state index is 0.0562. The molecule has 0 amide bonds. The molecule has 0 aliphatic carbocycles. The molecule has 0 bridgehead atoms. The normalized spacial score (nSPS) is 11.9. The van der Waals surface area contributed by atoms with Crippen molar-refractivity contribution in [3.8, 4) is 5.75 Å². The summed E-state index contributed by atoms with van der Waals surface area (Å²) < 4.78 is 8.77. The number of phenols is 1. The third kappa shape index (κ3) is 3.12. The monoisotopic (exact) mass is 300 g/mol. The summed E-state index contributed by atoms with van der Waals surface area (Å²) in [6.07, 6.45) is 0. The fraction of sp³-hybridized carbons (Fsp3) is 0.0625.